The smallest absolute Gasteiger partial charge is 0.0595 e. The van der Waals surface area contributed by atoms with Crippen LogP contribution in [0.4, 0.5) is 0 Å². The molecule has 1 unspecified atom stereocenters. The molecule has 0 saturated heterocycles. The van der Waals surface area contributed by atoms with Gasteiger partial charge in [0.05, 0.1) is 5.43 Å². The quantitative estimate of drug-likeness (QED) is 0.604. The van der Waals surface area contributed by atoms with Crippen LogP contribution in [0.15, 0.2) is 6.20 Å². The number of aromatic nitrogens is 1. The van der Waals surface area contributed by atoms with Crippen molar-refractivity contribution in [1.82, 2.24) is 4.98 Å². The second-order valence-corrected chi connectivity index (χ2v) is 4.63. The lowest BCUT2D eigenvalue weighted by Crippen LogP contribution is -2.07. The van der Waals surface area contributed by atoms with Crippen LogP contribution in [-0.2, 0) is 0 Å². The Labute approximate surface area is 63.0 Å². The topological polar surface area (TPSA) is 12.9 Å². The Hall–Kier alpha value is -0.290. The zero-order chi connectivity index (χ0) is 6.97. The number of nitrogens with zero attached hydrogens (tertiary/aromatic N) is 1. The average Bonchev–Trinajstić information content (AvgIpc) is 2.10. The Kier molecular flexibility index (Phi) is 1.54. The van der Waals surface area contributed by atoms with Gasteiger partial charge in [-0.15, -0.1) is 8.19 Å². The molecule has 0 aliphatic heterocycles. The summed E-state index contributed by atoms with van der Waals surface area (Å²) >= 11 is 0. The number of aryl methyl sites for hydroxylation is 1. The predicted octanol–water partition coefficient (Wildman–Crippen LogP) is 2.69. The molecular formula is C8H12NP. The highest BCUT2D eigenvalue weighted by Crippen LogP contribution is 2.39. The molecule has 1 aliphatic rings. The minimum atomic E-state index is 0.868. The molecule has 2 heteroatoms. The maximum absolute atomic E-state index is 4.41. The van der Waals surface area contributed by atoms with Gasteiger partial charge in [0.2, 0.25) is 0 Å². The van der Waals surface area contributed by atoms with Crippen molar-refractivity contribution in [3.8, 4) is 0 Å². The summed E-state index contributed by atoms with van der Waals surface area (Å²) in [7, 11) is 0.923. The molecule has 1 fully saturated rings. The monoisotopic (exact) mass is 153 g/mol. The van der Waals surface area contributed by atoms with Crippen LogP contribution >= 0.6 is 8.19 Å². The van der Waals surface area contributed by atoms with Crippen molar-refractivity contribution in [2.75, 3.05) is 0 Å². The Balaban J connectivity index is 2.17. The van der Waals surface area contributed by atoms with Crippen LogP contribution in [0.2, 0.25) is 0 Å². The summed E-state index contributed by atoms with van der Waals surface area (Å²) in [5.41, 5.74) is 1.48. The molecule has 0 radical (unpaired) electrons. The predicted molar refractivity (Wildman–Crippen MR) is 45.1 cm³/mol. The molecule has 10 heavy (non-hydrogen) atoms. The molecule has 1 saturated carbocycles. The van der Waals surface area contributed by atoms with E-state index in [1.165, 1.54) is 30.0 Å². The van der Waals surface area contributed by atoms with Crippen molar-refractivity contribution in [2.24, 2.45) is 0 Å². The summed E-state index contributed by atoms with van der Waals surface area (Å²) < 4.78 is 0. The maximum atomic E-state index is 4.41. The molecule has 2 rings (SSSR count). The summed E-state index contributed by atoms with van der Waals surface area (Å²) in [6.07, 6.45) is 6.25. The van der Waals surface area contributed by atoms with Crippen LogP contribution < -0.4 is 0 Å². The summed E-state index contributed by atoms with van der Waals surface area (Å²) in [6, 6.07) is 0. The van der Waals surface area contributed by atoms with E-state index in [0.29, 0.717) is 0 Å². The highest BCUT2D eigenvalue weighted by Gasteiger charge is 2.20. The van der Waals surface area contributed by atoms with Gasteiger partial charge in [0, 0.05) is 12.1 Å². The fourth-order valence-corrected chi connectivity index (χ4v) is 2.48. The third kappa shape index (κ3) is 0.992. The number of hydrogen-bond acceptors (Lipinski definition) is 1. The zero-order valence-corrected chi connectivity index (χ0v) is 7.22. The van der Waals surface area contributed by atoms with Gasteiger partial charge in [0.25, 0.3) is 0 Å². The van der Waals surface area contributed by atoms with Gasteiger partial charge in [-0.3, -0.25) is 4.98 Å². The van der Waals surface area contributed by atoms with Crippen LogP contribution in [0.1, 0.15) is 35.9 Å². The highest BCUT2D eigenvalue weighted by atomic mass is 31.0. The minimum absolute atomic E-state index is 0.868. The maximum Gasteiger partial charge on any atom is 0.0595 e. The van der Waals surface area contributed by atoms with E-state index in [2.05, 4.69) is 11.9 Å². The molecule has 0 amide bonds. The second-order valence-electron chi connectivity index (χ2n) is 3.08. The van der Waals surface area contributed by atoms with E-state index in [9.17, 15) is 0 Å². The van der Waals surface area contributed by atoms with Gasteiger partial charge in [-0.1, -0.05) is 6.42 Å². The van der Waals surface area contributed by atoms with Crippen molar-refractivity contribution < 1.29 is 0 Å². The minimum Gasteiger partial charge on any atom is -0.256 e. The first-order valence-corrected chi connectivity index (χ1v) is 4.88. The fourth-order valence-electron chi connectivity index (χ4n) is 1.32. The van der Waals surface area contributed by atoms with E-state index < -0.39 is 0 Å². The molecule has 0 spiro atoms. The second kappa shape index (κ2) is 2.39. The first-order chi connectivity index (χ1) is 4.86. The van der Waals surface area contributed by atoms with E-state index in [4.69, 9.17) is 0 Å². The Morgan fingerprint density at radius 1 is 1.60 bits per heavy atom. The Morgan fingerprint density at radius 2 is 2.40 bits per heavy atom. The lowest BCUT2D eigenvalue weighted by Gasteiger charge is -2.23. The van der Waals surface area contributed by atoms with Crippen molar-refractivity contribution in [2.45, 2.75) is 32.1 Å². The number of hydrogen-bond donors (Lipinski definition) is 0. The van der Waals surface area contributed by atoms with E-state index >= 15 is 0 Å². The van der Waals surface area contributed by atoms with Crippen LogP contribution in [-0.4, -0.2) is 4.98 Å². The van der Waals surface area contributed by atoms with Gasteiger partial charge in [-0.05, 0) is 25.1 Å². The van der Waals surface area contributed by atoms with Gasteiger partial charge < -0.3 is 0 Å². The molecule has 1 aromatic heterocycles. The lowest BCUT2D eigenvalue weighted by atomic mass is 9.86. The molecule has 1 atom stereocenters. The van der Waals surface area contributed by atoms with Gasteiger partial charge in [0.1, 0.15) is 0 Å². The molecule has 1 aromatic rings. The summed E-state index contributed by atoms with van der Waals surface area (Å²) in [4.78, 5) is 4.41. The summed E-state index contributed by atoms with van der Waals surface area (Å²) in [5.74, 6) is 0.868. The van der Waals surface area contributed by atoms with E-state index in [1.807, 2.05) is 6.20 Å². The SMILES string of the molecule is Cc1cnc(C2CCC2)[pH]1. The fraction of sp³-hybridized carbons (Fsp3) is 0.625. The molecule has 0 bridgehead atoms. The molecule has 1 aliphatic carbocycles. The van der Waals surface area contributed by atoms with Crippen LogP contribution in [0.3, 0.4) is 0 Å². The summed E-state index contributed by atoms with van der Waals surface area (Å²) in [5, 5.41) is 1.46. The van der Waals surface area contributed by atoms with Gasteiger partial charge in [-0.25, -0.2) is 0 Å². The van der Waals surface area contributed by atoms with Crippen LogP contribution in [0.25, 0.3) is 0 Å². The molecule has 1 heterocycles. The number of rotatable bonds is 1. The van der Waals surface area contributed by atoms with E-state index in [1.54, 1.807) is 0 Å². The summed E-state index contributed by atoms with van der Waals surface area (Å²) in [6.45, 7) is 2.17. The third-order valence-corrected chi connectivity index (χ3v) is 3.53. The van der Waals surface area contributed by atoms with Crippen molar-refractivity contribution >= 4 is 8.19 Å². The van der Waals surface area contributed by atoms with Gasteiger partial charge in [-0.2, -0.15) is 0 Å². The standard InChI is InChI=1S/C8H12NP/c1-6-5-9-8(10-6)7-3-2-4-7/h5,7,10H,2-4H2,1H3. The van der Waals surface area contributed by atoms with Crippen molar-refractivity contribution in [3.63, 3.8) is 0 Å². The van der Waals surface area contributed by atoms with Crippen molar-refractivity contribution in [1.29, 1.82) is 0 Å². The molecule has 0 N–H and O–H groups in total. The van der Waals surface area contributed by atoms with Gasteiger partial charge >= 0.3 is 0 Å². The first-order valence-electron chi connectivity index (χ1n) is 3.88. The van der Waals surface area contributed by atoms with Crippen LogP contribution in [0, 0.1) is 6.92 Å². The lowest BCUT2D eigenvalue weighted by molar-refractivity contribution is 0.418. The molecule has 0 aromatic carbocycles. The first kappa shape index (κ1) is 6.42. The third-order valence-electron chi connectivity index (χ3n) is 2.21. The molecule has 54 valence electrons. The highest BCUT2D eigenvalue weighted by molar-refractivity contribution is 7.31. The van der Waals surface area contributed by atoms with E-state index in [0.717, 1.165) is 14.1 Å². The molecule has 1 nitrogen and oxygen atoms in total. The Bertz CT molecular complexity index is 225. The van der Waals surface area contributed by atoms with Crippen LogP contribution in [0.5, 0.6) is 0 Å². The zero-order valence-electron chi connectivity index (χ0n) is 6.22. The molecular weight excluding hydrogens is 141 g/mol. The van der Waals surface area contributed by atoms with E-state index in [-0.39, 0.29) is 0 Å². The van der Waals surface area contributed by atoms with Crippen molar-refractivity contribution in [3.05, 3.63) is 16.9 Å². The average molecular weight is 153 g/mol. The largest absolute Gasteiger partial charge is 0.256 e. The normalized spacial score (nSPS) is 19.7. The van der Waals surface area contributed by atoms with Gasteiger partial charge in [0.15, 0.2) is 0 Å². The Morgan fingerprint density at radius 3 is 2.80 bits per heavy atom.